The van der Waals surface area contributed by atoms with Crippen molar-refractivity contribution in [2.75, 3.05) is 0 Å². The zero-order valence-electron chi connectivity index (χ0n) is 9.67. The lowest BCUT2D eigenvalue weighted by atomic mass is 10.2. The quantitative estimate of drug-likeness (QED) is 0.883. The van der Waals surface area contributed by atoms with Gasteiger partial charge in [-0.15, -0.1) is 11.3 Å². The van der Waals surface area contributed by atoms with Crippen LogP contribution in [0.1, 0.15) is 24.3 Å². The highest BCUT2D eigenvalue weighted by Crippen LogP contribution is 2.10. The van der Waals surface area contributed by atoms with Crippen LogP contribution in [0.25, 0.3) is 0 Å². The summed E-state index contributed by atoms with van der Waals surface area (Å²) in [6, 6.07) is 5.95. The van der Waals surface area contributed by atoms with E-state index in [0.717, 1.165) is 0 Å². The largest absolute Gasteiger partial charge is 0.351 e. The van der Waals surface area contributed by atoms with Gasteiger partial charge < -0.3 is 5.32 Å². The Labute approximate surface area is 104 Å². The van der Waals surface area contributed by atoms with Crippen molar-refractivity contribution < 1.29 is 4.79 Å². The molecule has 2 aromatic rings. The summed E-state index contributed by atoms with van der Waals surface area (Å²) < 4.78 is 1.80. The van der Waals surface area contributed by atoms with Gasteiger partial charge in [-0.1, -0.05) is 6.07 Å². The third-order valence-corrected chi connectivity index (χ3v) is 3.37. The number of amides is 1. The minimum atomic E-state index is 0.0569. The van der Waals surface area contributed by atoms with E-state index in [9.17, 15) is 4.79 Å². The molecule has 0 spiro atoms. The number of rotatable bonds is 5. The van der Waals surface area contributed by atoms with Gasteiger partial charge in [0.1, 0.15) is 0 Å². The summed E-state index contributed by atoms with van der Waals surface area (Å²) in [7, 11) is 0. The van der Waals surface area contributed by atoms with E-state index in [-0.39, 0.29) is 11.9 Å². The van der Waals surface area contributed by atoms with Gasteiger partial charge in [-0.05, 0) is 24.4 Å². The number of carbonyl (C=O) groups is 1. The average molecular weight is 249 g/mol. The second-order valence-electron chi connectivity index (χ2n) is 3.90. The molecule has 0 aliphatic carbocycles. The average Bonchev–Trinajstić information content (AvgIpc) is 2.99. The van der Waals surface area contributed by atoms with Crippen molar-refractivity contribution >= 4 is 17.2 Å². The Bertz CT molecular complexity index is 450. The number of nitrogens with one attached hydrogen (secondary N) is 1. The summed E-state index contributed by atoms with van der Waals surface area (Å²) in [5.41, 5.74) is 0. The Morgan fingerprint density at radius 3 is 3.12 bits per heavy atom. The summed E-state index contributed by atoms with van der Waals surface area (Å²) in [5.74, 6) is 0.0569. The van der Waals surface area contributed by atoms with Gasteiger partial charge in [0.15, 0.2) is 0 Å². The maximum Gasteiger partial charge on any atom is 0.222 e. The Hall–Kier alpha value is -1.62. The molecule has 0 saturated heterocycles. The van der Waals surface area contributed by atoms with Gasteiger partial charge in [0.25, 0.3) is 0 Å². The molecular formula is C12H15N3OS. The first kappa shape index (κ1) is 11.9. The molecule has 5 heteroatoms. The second-order valence-corrected chi connectivity index (χ2v) is 4.93. The van der Waals surface area contributed by atoms with Gasteiger partial charge in [0, 0.05) is 23.7 Å². The van der Waals surface area contributed by atoms with Gasteiger partial charge in [-0.3, -0.25) is 9.48 Å². The molecule has 0 aliphatic rings. The zero-order chi connectivity index (χ0) is 12.1. The summed E-state index contributed by atoms with van der Waals surface area (Å²) >= 11 is 1.65. The van der Waals surface area contributed by atoms with Gasteiger partial charge in [-0.25, -0.2) is 0 Å². The van der Waals surface area contributed by atoms with Crippen LogP contribution in [0.3, 0.4) is 0 Å². The normalized spacial score (nSPS) is 12.3. The molecule has 2 aromatic heterocycles. The number of hydrogen-bond acceptors (Lipinski definition) is 3. The van der Waals surface area contributed by atoms with Crippen molar-refractivity contribution in [3.63, 3.8) is 0 Å². The van der Waals surface area contributed by atoms with Crippen LogP contribution in [0, 0.1) is 0 Å². The van der Waals surface area contributed by atoms with Crippen molar-refractivity contribution in [2.24, 2.45) is 0 Å². The first-order valence-electron chi connectivity index (χ1n) is 5.54. The van der Waals surface area contributed by atoms with Crippen LogP contribution in [-0.2, 0) is 11.3 Å². The fourth-order valence-corrected chi connectivity index (χ4v) is 2.22. The van der Waals surface area contributed by atoms with E-state index in [2.05, 4.69) is 10.4 Å². The number of nitrogens with zero attached hydrogens (tertiary/aromatic N) is 2. The Kier molecular flexibility index (Phi) is 3.93. The second kappa shape index (κ2) is 5.63. The van der Waals surface area contributed by atoms with Gasteiger partial charge in [0.05, 0.1) is 12.6 Å². The molecule has 0 fully saturated rings. The Morgan fingerprint density at radius 1 is 1.59 bits per heavy atom. The van der Waals surface area contributed by atoms with Crippen molar-refractivity contribution in [1.82, 2.24) is 15.1 Å². The molecule has 4 nitrogen and oxygen atoms in total. The van der Waals surface area contributed by atoms with E-state index in [1.807, 2.05) is 36.7 Å². The monoisotopic (exact) mass is 249 g/mol. The molecule has 1 N–H and O–H groups in total. The third kappa shape index (κ3) is 3.42. The van der Waals surface area contributed by atoms with E-state index in [1.54, 1.807) is 22.2 Å². The Balaban J connectivity index is 1.77. The maximum absolute atomic E-state index is 11.7. The molecule has 1 amide bonds. The van der Waals surface area contributed by atoms with Crippen molar-refractivity contribution in [1.29, 1.82) is 0 Å². The fourth-order valence-electron chi connectivity index (χ4n) is 1.57. The van der Waals surface area contributed by atoms with Crippen molar-refractivity contribution in [2.45, 2.75) is 25.9 Å². The van der Waals surface area contributed by atoms with Crippen LogP contribution < -0.4 is 5.32 Å². The lowest BCUT2D eigenvalue weighted by Crippen LogP contribution is -2.25. The third-order valence-electron chi connectivity index (χ3n) is 2.50. The van der Waals surface area contributed by atoms with Crippen LogP contribution >= 0.6 is 11.3 Å². The van der Waals surface area contributed by atoms with E-state index in [1.165, 1.54) is 4.88 Å². The number of hydrogen-bond donors (Lipinski definition) is 1. The highest BCUT2D eigenvalue weighted by Gasteiger charge is 2.10. The van der Waals surface area contributed by atoms with Gasteiger partial charge in [-0.2, -0.15) is 5.10 Å². The van der Waals surface area contributed by atoms with Crippen molar-refractivity contribution in [3.05, 3.63) is 40.8 Å². The predicted octanol–water partition coefficient (Wildman–Crippen LogP) is 2.21. The lowest BCUT2D eigenvalue weighted by molar-refractivity contribution is -0.121. The molecule has 0 radical (unpaired) electrons. The highest BCUT2D eigenvalue weighted by molar-refractivity contribution is 7.09. The van der Waals surface area contributed by atoms with Gasteiger partial charge >= 0.3 is 0 Å². The maximum atomic E-state index is 11.7. The first-order valence-corrected chi connectivity index (χ1v) is 6.42. The van der Waals surface area contributed by atoms with E-state index < -0.39 is 0 Å². The molecule has 0 bridgehead atoms. The molecular weight excluding hydrogens is 234 g/mol. The topological polar surface area (TPSA) is 46.9 Å². The summed E-state index contributed by atoms with van der Waals surface area (Å²) in [4.78, 5) is 12.9. The molecule has 2 rings (SSSR count). The predicted molar refractivity (Wildman–Crippen MR) is 67.7 cm³/mol. The SMILES string of the molecule is C[C@@H](CC(=O)NCc1cccs1)n1cccn1. The molecule has 2 heterocycles. The van der Waals surface area contributed by atoms with Crippen molar-refractivity contribution in [3.8, 4) is 0 Å². The van der Waals surface area contributed by atoms with Crippen LogP contribution in [0.15, 0.2) is 36.0 Å². The van der Waals surface area contributed by atoms with Crippen LogP contribution in [0.2, 0.25) is 0 Å². The minimum absolute atomic E-state index is 0.0569. The van der Waals surface area contributed by atoms with E-state index in [4.69, 9.17) is 0 Å². The van der Waals surface area contributed by atoms with Gasteiger partial charge in [0.2, 0.25) is 5.91 Å². The van der Waals surface area contributed by atoms with E-state index >= 15 is 0 Å². The summed E-state index contributed by atoms with van der Waals surface area (Å²) in [6.07, 6.45) is 4.05. The Morgan fingerprint density at radius 2 is 2.47 bits per heavy atom. The number of thiophene rings is 1. The van der Waals surface area contributed by atoms with Crippen LogP contribution in [0.4, 0.5) is 0 Å². The first-order chi connectivity index (χ1) is 8.25. The fraction of sp³-hybridized carbons (Fsp3) is 0.333. The molecule has 1 atom stereocenters. The summed E-state index contributed by atoms with van der Waals surface area (Å²) in [6.45, 7) is 2.60. The molecule has 0 saturated carbocycles. The zero-order valence-corrected chi connectivity index (χ0v) is 10.5. The van der Waals surface area contributed by atoms with Crippen LogP contribution in [0.5, 0.6) is 0 Å². The molecule has 90 valence electrons. The van der Waals surface area contributed by atoms with Crippen LogP contribution in [-0.4, -0.2) is 15.7 Å². The minimum Gasteiger partial charge on any atom is -0.351 e. The highest BCUT2D eigenvalue weighted by atomic mass is 32.1. The standard InChI is InChI=1S/C12H15N3OS/c1-10(15-6-3-5-14-15)8-12(16)13-9-11-4-2-7-17-11/h2-7,10H,8-9H2,1H3,(H,13,16)/t10-/m0/s1. The number of aromatic nitrogens is 2. The molecule has 0 unspecified atom stereocenters. The molecule has 0 aromatic carbocycles. The number of carbonyl (C=O) groups excluding carboxylic acids is 1. The van der Waals surface area contributed by atoms with E-state index in [0.29, 0.717) is 13.0 Å². The summed E-state index contributed by atoms with van der Waals surface area (Å²) in [5, 5.41) is 9.03. The lowest BCUT2D eigenvalue weighted by Gasteiger charge is -2.11. The molecule has 0 aliphatic heterocycles. The molecule has 17 heavy (non-hydrogen) atoms. The smallest absolute Gasteiger partial charge is 0.222 e.